The number of carbonyl (C=O) groups excluding carboxylic acids is 1. The molecule has 8 heteroatoms. The number of nitrogens with zero attached hydrogens (tertiary/aromatic N) is 1. The lowest BCUT2D eigenvalue weighted by Crippen LogP contribution is -2.42. The van der Waals surface area contributed by atoms with Crippen LogP contribution in [-0.2, 0) is 20.2 Å². The molecule has 0 aliphatic heterocycles. The highest BCUT2D eigenvalue weighted by Crippen LogP contribution is 2.33. The summed E-state index contributed by atoms with van der Waals surface area (Å²) >= 11 is 0. The number of anilines is 1. The maximum atomic E-state index is 13.5. The first kappa shape index (κ1) is 27.1. The van der Waals surface area contributed by atoms with Crippen LogP contribution >= 0.6 is 0 Å². The fourth-order valence-corrected chi connectivity index (χ4v) is 5.06. The Bertz CT molecular complexity index is 1270. The average Bonchev–Trinajstić information content (AvgIpc) is 2.85. The van der Waals surface area contributed by atoms with Gasteiger partial charge >= 0.3 is 0 Å². The number of methoxy groups -OCH3 is 1. The van der Waals surface area contributed by atoms with Crippen molar-refractivity contribution in [2.24, 2.45) is 0 Å². The van der Waals surface area contributed by atoms with Crippen LogP contribution < -0.4 is 19.1 Å². The normalized spacial score (nSPS) is 11.6. The molecule has 3 aromatic carbocycles. The lowest BCUT2D eigenvalue weighted by atomic mass is 9.87. The third-order valence-corrected chi connectivity index (χ3v) is 7.41. The number of amides is 1. The van der Waals surface area contributed by atoms with Crippen LogP contribution in [-0.4, -0.2) is 41.1 Å². The Balaban J connectivity index is 1.71. The quantitative estimate of drug-likeness (QED) is 0.400. The van der Waals surface area contributed by atoms with Gasteiger partial charge in [0.1, 0.15) is 24.7 Å². The lowest BCUT2D eigenvalue weighted by molar-refractivity contribution is -0.119. The van der Waals surface area contributed by atoms with E-state index in [1.807, 2.05) is 37.3 Å². The fraction of sp³-hybridized carbons (Fsp3) is 0.321. The molecule has 0 radical (unpaired) electrons. The smallest absolute Gasteiger partial charge is 0.264 e. The summed E-state index contributed by atoms with van der Waals surface area (Å²) < 4.78 is 39.3. The molecule has 3 rings (SSSR count). The van der Waals surface area contributed by atoms with Gasteiger partial charge in [-0.1, -0.05) is 57.2 Å². The SMILES string of the molecule is COc1ccc(C)cc1N(CC(=O)NCCOc1ccc(C(C)(C)C)cc1)S(=O)(=O)c1ccccc1. The van der Waals surface area contributed by atoms with Crippen molar-refractivity contribution >= 4 is 21.6 Å². The molecule has 0 fully saturated rings. The Morgan fingerprint density at radius 2 is 1.64 bits per heavy atom. The van der Waals surface area contributed by atoms with Gasteiger partial charge in [0.15, 0.2) is 0 Å². The first-order valence-corrected chi connectivity index (χ1v) is 13.2. The molecule has 192 valence electrons. The van der Waals surface area contributed by atoms with Crippen LogP contribution in [0, 0.1) is 6.92 Å². The molecule has 7 nitrogen and oxygen atoms in total. The highest BCUT2D eigenvalue weighted by molar-refractivity contribution is 7.92. The highest BCUT2D eigenvalue weighted by Gasteiger charge is 2.29. The van der Waals surface area contributed by atoms with E-state index in [0.29, 0.717) is 17.2 Å². The molecule has 0 aliphatic carbocycles. The summed E-state index contributed by atoms with van der Waals surface area (Å²) in [6.45, 7) is 8.35. The summed E-state index contributed by atoms with van der Waals surface area (Å²) in [7, 11) is -2.56. The maximum Gasteiger partial charge on any atom is 0.264 e. The number of aryl methyl sites for hydroxylation is 1. The molecule has 0 aliphatic rings. The molecule has 0 saturated carbocycles. The number of nitrogens with one attached hydrogen (secondary N) is 1. The van der Waals surface area contributed by atoms with Gasteiger partial charge in [-0.2, -0.15) is 0 Å². The van der Waals surface area contributed by atoms with Crippen molar-refractivity contribution < 1.29 is 22.7 Å². The standard InChI is InChI=1S/C28H34N2O5S/c1-21-11-16-26(34-5)25(19-21)30(36(32,33)24-9-7-6-8-10-24)20-27(31)29-17-18-35-23-14-12-22(13-15-23)28(2,3)4/h6-16,19H,17-18,20H2,1-5H3,(H,29,31). The van der Waals surface area contributed by atoms with E-state index < -0.39 is 22.5 Å². The van der Waals surface area contributed by atoms with Crippen LogP contribution in [0.3, 0.4) is 0 Å². The Morgan fingerprint density at radius 1 is 0.972 bits per heavy atom. The van der Waals surface area contributed by atoms with E-state index in [4.69, 9.17) is 9.47 Å². The monoisotopic (exact) mass is 510 g/mol. The molecular weight excluding hydrogens is 476 g/mol. The molecule has 0 spiro atoms. The Labute approximate surface area is 214 Å². The van der Waals surface area contributed by atoms with E-state index in [2.05, 4.69) is 26.1 Å². The minimum atomic E-state index is -4.03. The van der Waals surface area contributed by atoms with Gasteiger partial charge < -0.3 is 14.8 Å². The number of sulfonamides is 1. The molecule has 0 bridgehead atoms. The zero-order chi connectivity index (χ0) is 26.3. The van der Waals surface area contributed by atoms with E-state index in [1.165, 1.54) is 24.8 Å². The molecule has 0 unspecified atom stereocenters. The van der Waals surface area contributed by atoms with Gasteiger partial charge in [-0.15, -0.1) is 0 Å². The van der Waals surface area contributed by atoms with Gasteiger partial charge in [0.05, 0.1) is 24.2 Å². The van der Waals surface area contributed by atoms with E-state index in [1.54, 1.807) is 30.3 Å². The predicted octanol–water partition coefficient (Wildman–Crippen LogP) is 4.69. The van der Waals surface area contributed by atoms with Gasteiger partial charge in [-0.05, 0) is 59.9 Å². The number of ether oxygens (including phenoxy) is 2. The van der Waals surface area contributed by atoms with Crippen LogP contribution in [0.2, 0.25) is 0 Å². The summed E-state index contributed by atoms with van der Waals surface area (Å²) in [5.41, 5.74) is 2.39. The van der Waals surface area contributed by atoms with Gasteiger partial charge in [-0.25, -0.2) is 8.42 Å². The van der Waals surface area contributed by atoms with Crippen molar-refractivity contribution in [3.63, 3.8) is 0 Å². The zero-order valence-corrected chi connectivity index (χ0v) is 22.3. The van der Waals surface area contributed by atoms with Crippen LogP contribution in [0.1, 0.15) is 31.9 Å². The van der Waals surface area contributed by atoms with Gasteiger partial charge in [-0.3, -0.25) is 9.10 Å². The number of hydrogen-bond acceptors (Lipinski definition) is 5. The summed E-state index contributed by atoms with van der Waals surface area (Å²) in [4.78, 5) is 12.9. The first-order valence-electron chi connectivity index (χ1n) is 11.7. The highest BCUT2D eigenvalue weighted by atomic mass is 32.2. The molecule has 0 atom stereocenters. The van der Waals surface area contributed by atoms with Crippen molar-refractivity contribution in [1.29, 1.82) is 0 Å². The van der Waals surface area contributed by atoms with Crippen molar-refractivity contribution in [2.45, 2.75) is 38.0 Å². The topological polar surface area (TPSA) is 84.9 Å². The Kier molecular flexibility index (Phi) is 8.63. The fourth-order valence-electron chi connectivity index (χ4n) is 3.61. The minimum absolute atomic E-state index is 0.0540. The summed E-state index contributed by atoms with van der Waals surface area (Å²) in [5, 5.41) is 2.75. The Morgan fingerprint density at radius 3 is 2.25 bits per heavy atom. The molecule has 36 heavy (non-hydrogen) atoms. The van der Waals surface area contributed by atoms with Crippen molar-refractivity contribution in [1.82, 2.24) is 5.32 Å². The Hall–Kier alpha value is -3.52. The second-order valence-corrected chi connectivity index (χ2v) is 11.3. The first-order chi connectivity index (χ1) is 17.0. The molecule has 1 N–H and O–H groups in total. The van der Waals surface area contributed by atoms with E-state index in [9.17, 15) is 13.2 Å². The van der Waals surface area contributed by atoms with Crippen molar-refractivity contribution in [3.05, 3.63) is 83.9 Å². The summed E-state index contributed by atoms with van der Waals surface area (Å²) in [5.74, 6) is 0.606. The zero-order valence-electron chi connectivity index (χ0n) is 21.4. The van der Waals surface area contributed by atoms with E-state index in [0.717, 1.165) is 9.87 Å². The summed E-state index contributed by atoms with van der Waals surface area (Å²) in [6.07, 6.45) is 0. The van der Waals surface area contributed by atoms with Crippen LogP contribution in [0.15, 0.2) is 77.7 Å². The second kappa shape index (κ2) is 11.5. The lowest BCUT2D eigenvalue weighted by Gasteiger charge is -2.26. The second-order valence-electron chi connectivity index (χ2n) is 9.47. The third kappa shape index (κ3) is 6.79. The van der Waals surface area contributed by atoms with E-state index in [-0.39, 0.29) is 23.5 Å². The van der Waals surface area contributed by atoms with Crippen LogP contribution in [0.25, 0.3) is 0 Å². The van der Waals surface area contributed by atoms with E-state index >= 15 is 0 Å². The van der Waals surface area contributed by atoms with Crippen LogP contribution in [0.4, 0.5) is 5.69 Å². The molecular formula is C28H34N2O5S. The average molecular weight is 511 g/mol. The van der Waals surface area contributed by atoms with Gasteiger partial charge in [0.25, 0.3) is 10.0 Å². The number of carbonyl (C=O) groups is 1. The molecule has 1 amide bonds. The third-order valence-electron chi connectivity index (χ3n) is 5.63. The largest absolute Gasteiger partial charge is 0.495 e. The minimum Gasteiger partial charge on any atom is -0.495 e. The predicted molar refractivity (Wildman–Crippen MR) is 142 cm³/mol. The molecule has 0 saturated heterocycles. The molecule has 0 heterocycles. The number of rotatable bonds is 10. The van der Waals surface area contributed by atoms with Crippen molar-refractivity contribution in [2.75, 3.05) is 31.1 Å². The molecule has 3 aromatic rings. The number of benzene rings is 3. The van der Waals surface area contributed by atoms with Gasteiger partial charge in [0.2, 0.25) is 5.91 Å². The van der Waals surface area contributed by atoms with Crippen molar-refractivity contribution in [3.8, 4) is 11.5 Å². The van der Waals surface area contributed by atoms with Crippen LogP contribution in [0.5, 0.6) is 11.5 Å². The van der Waals surface area contributed by atoms with Gasteiger partial charge in [0, 0.05) is 0 Å². The number of hydrogen-bond donors (Lipinski definition) is 1. The summed E-state index contributed by atoms with van der Waals surface area (Å²) in [6, 6.07) is 21.1. The molecule has 0 aromatic heterocycles. The maximum absolute atomic E-state index is 13.5.